The summed E-state index contributed by atoms with van der Waals surface area (Å²) in [4.78, 5) is 19.6. The molecule has 1 saturated carbocycles. The van der Waals surface area contributed by atoms with Crippen molar-refractivity contribution in [3.05, 3.63) is 16.1 Å². The minimum absolute atomic E-state index is 0.0295. The summed E-state index contributed by atoms with van der Waals surface area (Å²) in [6.45, 7) is 5.25. The average Bonchev–Trinajstić information content (AvgIpc) is 3.05. The standard InChI is InChI=1S/C15H25N3OS/c1-10(2)7-12(9-18(3)4)17-14(19)13-8-16-15(20-13)11-5-6-11/h8,10-12H,5-7,9H2,1-4H3,(H,17,19)/t12-/m0/s1. The van der Waals surface area contributed by atoms with Gasteiger partial charge in [0.2, 0.25) is 0 Å². The van der Waals surface area contributed by atoms with Gasteiger partial charge >= 0.3 is 0 Å². The van der Waals surface area contributed by atoms with Gasteiger partial charge in [-0.05, 0) is 39.3 Å². The lowest BCUT2D eigenvalue weighted by atomic mass is 10.0. The van der Waals surface area contributed by atoms with Crippen molar-refractivity contribution in [3.63, 3.8) is 0 Å². The highest BCUT2D eigenvalue weighted by atomic mass is 32.1. The summed E-state index contributed by atoms with van der Waals surface area (Å²) in [5.41, 5.74) is 0. The predicted molar refractivity (Wildman–Crippen MR) is 83.4 cm³/mol. The number of carbonyl (C=O) groups excluding carboxylic acids is 1. The van der Waals surface area contributed by atoms with E-state index in [1.165, 1.54) is 12.8 Å². The van der Waals surface area contributed by atoms with Gasteiger partial charge in [-0.2, -0.15) is 0 Å². The first-order chi connectivity index (χ1) is 9.45. The monoisotopic (exact) mass is 295 g/mol. The van der Waals surface area contributed by atoms with Crippen molar-refractivity contribution in [2.24, 2.45) is 5.92 Å². The number of aromatic nitrogens is 1. The van der Waals surface area contributed by atoms with Crippen LogP contribution in [-0.2, 0) is 0 Å². The number of nitrogens with one attached hydrogen (secondary N) is 1. The van der Waals surface area contributed by atoms with E-state index in [1.54, 1.807) is 17.5 Å². The van der Waals surface area contributed by atoms with Crippen molar-refractivity contribution < 1.29 is 4.79 Å². The number of rotatable bonds is 7. The van der Waals surface area contributed by atoms with Crippen LogP contribution in [0.15, 0.2) is 6.20 Å². The average molecular weight is 295 g/mol. The number of likely N-dealkylation sites (N-methyl/N-ethyl adjacent to an activating group) is 1. The molecule has 0 aromatic carbocycles. The second-order valence-corrected chi connectivity index (χ2v) is 7.46. The van der Waals surface area contributed by atoms with E-state index < -0.39 is 0 Å². The third kappa shape index (κ3) is 4.56. The van der Waals surface area contributed by atoms with E-state index >= 15 is 0 Å². The molecule has 0 aliphatic heterocycles. The zero-order valence-electron chi connectivity index (χ0n) is 12.8. The molecule has 5 heteroatoms. The normalized spacial score (nSPS) is 16.7. The first kappa shape index (κ1) is 15.4. The Bertz CT molecular complexity index is 442. The Labute approximate surface area is 125 Å². The highest BCUT2D eigenvalue weighted by molar-refractivity contribution is 7.13. The van der Waals surface area contributed by atoms with Gasteiger partial charge in [0, 0.05) is 18.5 Å². The molecule has 1 fully saturated rings. The molecular formula is C15H25N3OS. The second-order valence-electron chi connectivity index (χ2n) is 6.40. The number of thiazole rings is 1. The fourth-order valence-electron chi connectivity index (χ4n) is 2.36. The number of hydrogen-bond acceptors (Lipinski definition) is 4. The molecule has 0 radical (unpaired) electrons. The first-order valence-electron chi connectivity index (χ1n) is 7.37. The van der Waals surface area contributed by atoms with E-state index in [2.05, 4.69) is 29.0 Å². The Morgan fingerprint density at radius 3 is 2.75 bits per heavy atom. The maximum atomic E-state index is 12.3. The highest BCUT2D eigenvalue weighted by Gasteiger charge is 2.28. The molecule has 4 nitrogen and oxygen atoms in total. The van der Waals surface area contributed by atoms with Crippen molar-refractivity contribution in [3.8, 4) is 0 Å². The topological polar surface area (TPSA) is 45.2 Å². The summed E-state index contributed by atoms with van der Waals surface area (Å²) in [7, 11) is 4.08. The minimum Gasteiger partial charge on any atom is -0.347 e. The van der Waals surface area contributed by atoms with Gasteiger partial charge < -0.3 is 10.2 Å². The quantitative estimate of drug-likeness (QED) is 0.841. The van der Waals surface area contributed by atoms with Crippen LogP contribution in [0.3, 0.4) is 0 Å². The zero-order chi connectivity index (χ0) is 14.7. The second kappa shape index (κ2) is 6.68. The molecule has 20 heavy (non-hydrogen) atoms. The Morgan fingerprint density at radius 2 is 2.20 bits per heavy atom. The van der Waals surface area contributed by atoms with Crippen LogP contribution in [0.2, 0.25) is 0 Å². The smallest absolute Gasteiger partial charge is 0.263 e. The SMILES string of the molecule is CC(C)C[C@@H](CN(C)C)NC(=O)c1cnc(C2CC2)s1. The lowest BCUT2D eigenvalue weighted by molar-refractivity contribution is 0.0928. The van der Waals surface area contributed by atoms with Gasteiger partial charge in [0.15, 0.2) is 0 Å². The van der Waals surface area contributed by atoms with Crippen LogP contribution < -0.4 is 5.32 Å². The lowest BCUT2D eigenvalue weighted by Crippen LogP contribution is -2.42. The molecule has 0 bridgehead atoms. The van der Waals surface area contributed by atoms with Gasteiger partial charge in [-0.15, -0.1) is 11.3 Å². The summed E-state index contributed by atoms with van der Waals surface area (Å²) < 4.78 is 0. The van der Waals surface area contributed by atoms with Gasteiger partial charge in [0.25, 0.3) is 5.91 Å². The van der Waals surface area contributed by atoms with Crippen molar-refractivity contribution >= 4 is 17.2 Å². The summed E-state index contributed by atoms with van der Waals surface area (Å²) in [5, 5.41) is 4.29. The molecule has 1 atom stereocenters. The lowest BCUT2D eigenvalue weighted by Gasteiger charge is -2.23. The minimum atomic E-state index is 0.0295. The molecule has 1 aliphatic rings. The van der Waals surface area contributed by atoms with Gasteiger partial charge in [-0.1, -0.05) is 13.8 Å². The van der Waals surface area contributed by atoms with Gasteiger partial charge in [0.05, 0.1) is 11.2 Å². The Hall–Kier alpha value is -0.940. The van der Waals surface area contributed by atoms with Gasteiger partial charge in [-0.3, -0.25) is 4.79 Å². The largest absolute Gasteiger partial charge is 0.347 e. The molecule has 0 spiro atoms. The van der Waals surface area contributed by atoms with E-state index in [-0.39, 0.29) is 11.9 Å². The molecule has 0 saturated heterocycles. The zero-order valence-corrected chi connectivity index (χ0v) is 13.7. The van der Waals surface area contributed by atoms with Crippen LogP contribution in [-0.4, -0.2) is 42.5 Å². The molecule has 1 aliphatic carbocycles. The van der Waals surface area contributed by atoms with Crippen LogP contribution in [0, 0.1) is 5.92 Å². The first-order valence-corrected chi connectivity index (χ1v) is 8.18. The molecule has 112 valence electrons. The number of amides is 1. The Kier molecular flexibility index (Phi) is 5.16. The molecule has 0 unspecified atom stereocenters. The molecule has 1 N–H and O–H groups in total. The van der Waals surface area contributed by atoms with E-state index in [1.807, 2.05) is 14.1 Å². The van der Waals surface area contributed by atoms with E-state index in [9.17, 15) is 4.79 Å². The van der Waals surface area contributed by atoms with Crippen molar-refractivity contribution in [1.82, 2.24) is 15.2 Å². The number of carbonyl (C=O) groups is 1. The molecule has 1 aromatic heterocycles. The summed E-state index contributed by atoms with van der Waals surface area (Å²) in [6.07, 6.45) is 5.18. The Balaban J connectivity index is 1.94. The summed E-state index contributed by atoms with van der Waals surface area (Å²) >= 11 is 1.55. The van der Waals surface area contributed by atoms with Crippen molar-refractivity contribution in [2.75, 3.05) is 20.6 Å². The highest BCUT2D eigenvalue weighted by Crippen LogP contribution is 2.41. The van der Waals surface area contributed by atoms with Crippen LogP contribution in [0.1, 0.15) is 53.7 Å². The van der Waals surface area contributed by atoms with Crippen molar-refractivity contribution in [2.45, 2.75) is 45.1 Å². The van der Waals surface area contributed by atoms with Crippen LogP contribution >= 0.6 is 11.3 Å². The maximum Gasteiger partial charge on any atom is 0.263 e. The van der Waals surface area contributed by atoms with Crippen molar-refractivity contribution in [1.29, 1.82) is 0 Å². The number of hydrogen-bond donors (Lipinski definition) is 1. The van der Waals surface area contributed by atoms with E-state index in [0.29, 0.717) is 11.8 Å². The number of nitrogens with zero attached hydrogens (tertiary/aromatic N) is 2. The fraction of sp³-hybridized carbons (Fsp3) is 0.733. The maximum absolute atomic E-state index is 12.3. The van der Waals surface area contributed by atoms with Crippen LogP contribution in [0.4, 0.5) is 0 Å². The van der Waals surface area contributed by atoms with E-state index in [0.717, 1.165) is 22.9 Å². The molecule has 1 aromatic rings. The van der Waals surface area contributed by atoms with Gasteiger partial charge in [-0.25, -0.2) is 4.98 Å². The predicted octanol–water partition coefficient (Wildman–Crippen LogP) is 2.73. The summed E-state index contributed by atoms with van der Waals surface area (Å²) in [5.74, 6) is 1.22. The van der Waals surface area contributed by atoms with Gasteiger partial charge in [0.1, 0.15) is 4.88 Å². The Morgan fingerprint density at radius 1 is 1.50 bits per heavy atom. The third-order valence-electron chi connectivity index (χ3n) is 3.35. The third-order valence-corrected chi connectivity index (χ3v) is 4.51. The molecule has 1 heterocycles. The van der Waals surface area contributed by atoms with Crippen LogP contribution in [0.5, 0.6) is 0 Å². The summed E-state index contributed by atoms with van der Waals surface area (Å²) in [6, 6.07) is 0.198. The molecule has 1 amide bonds. The van der Waals surface area contributed by atoms with E-state index in [4.69, 9.17) is 0 Å². The molecular weight excluding hydrogens is 270 g/mol. The molecule has 2 rings (SSSR count). The van der Waals surface area contributed by atoms with Crippen LogP contribution in [0.25, 0.3) is 0 Å². The fourth-order valence-corrected chi connectivity index (χ4v) is 3.35.